The SMILES string of the molecule is c1ccc(-c2ccc(N(c3ccccc3)c3ccc(-c4ccc(-n5c6ccccc6c6ccccc65)cc4)c4oc5ccccc5c34)c(-c3ccccc3)c2)cc1. The van der Waals surface area contributed by atoms with Crippen molar-refractivity contribution in [2.75, 3.05) is 4.90 Å². The largest absolute Gasteiger partial charge is 0.455 e. The normalized spacial score (nSPS) is 11.5. The Morgan fingerprint density at radius 2 is 0.895 bits per heavy atom. The highest BCUT2D eigenvalue weighted by molar-refractivity contribution is 6.17. The topological polar surface area (TPSA) is 21.3 Å². The van der Waals surface area contributed by atoms with E-state index in [0.29, 0.717) is 0 Å². The molecule has 0 aliphatic heterocycles. The fourth-order valence-electron chi connectivity index (χ4n) is 8.59. The van der Waals surface area contributed by atoms with E-state index >= 15 is 0 Å². The number of fused-ring (bicyclic) bond motifs is 6. The molecule has 0 saturated heterocycles. The smallest absolute Gasteiger partial charge is 0.145 e. The molecule has 11 rings (SSSR count). The molecule has 2 heterocycles. The Morgan fingerprint density at radius 1 is 0.368 bits per heavy atom. The average molecular weight is 729 g/mol. The van der Waals surface area contributed by atoms with Gasteiger partial charge in [-0.15, -0.1) is 0 Å². The Bertz CT molecular complexity index is 3160. The zero-order valence-corrected chi connectivity index (χ0v) is 31.1. The molecule has 0 aliphatic rings. The molecule has 268 valence electrons. The van der Waals surface area contributed by atoms with Crippen LogP contribution in [0.2, 0.25) is 0 Å². The summed E-state index contributed by atoms with van der Waals surface area (Å²) in [5, 5.41) is 4.66. The highest BCUT2D eigenvalue weighted by Crippen LogP contribution is 2.49. The Kier molecular flexibility index (Phi) is 7.82. The van der Waals surface area contributed by atoms with Crippen LogP contribution in [0, 0.1) is 0 Å². The zero-order valence-electron chi connectivity index (χ0n) is 31.1. The summed E-state index contributed by atoms with van der Waals surface area (Å²) in [5.74, 6) is 0. The molecular weight excluding hydrogens is 693 g/mol. The van der Waals surface area contributed by atoms with E-state index in [9.17, 15) is 0 Å². The maximum atomic E-state index is 6.88. The van der Waals surface area contributed by atoms with E-state index in [4.69, 9.17) is 4.42 Å². The number of nitrogens with zero attached hydrogens (tertiary/aromatic N) is 2. The van der Waals surface area contributed by atoms with E-state index in [1.807, 2.05) is 0 Å². The second-order valence-electron chi connectivity index (χ2n) is 14.5. The Morgan fingerprint density at radius 3 is 1.58 bits per heavy atom. The van der Waals surface area contributed by atoms with E-state index in [-0.39, 0.29) is 0 Å². The first-order valence-electron chi connectivity index (χ1n) is 19.4. The maximum absolute atomic E-state index is 6.88. The molecule has 0 amide bonds. The minimum Gasteiger partial charge on any atom is -0.455 e. The van der Waals surface area contributed by atoms with Crippen molar-refractivity contribution in [2.45, 2.75) is 0 Å². The Balaban J connectivity index is 1.12. The van der Waals surface area contributed by atoms with Crippen molar-refractivity contribution in [1.29, 1.82) is 0 Å². The molecule has 0 unspecified atom stereocenters. The average Bonchev–Trinajstić information content (AvgIpc) is 3.85. The van der Waals surface area contributed by atoms with Crippen LogP contribution in [0.15, 0.2) is 223 Å². The van der Waals surface area contributed by atoms with Gasteiger partial charge in [0.05, 0.1) is 27.8 Å². The number of furan rings is 1. The monoisotopic (exact) mass is 728 g/mol. The maximum Gasteiger partial charge on any atom is 0.145 e. The van der Waals surface area contributed by atoms with Crippen molar-refractivity contribution in [3.05, 3.63) is 218 Å². The molecule has 0 spiro atoms. The molecule has 2 aromatic heterocycles. The van der Waals surface area contributed by atoms with Crippen molar-refractivity contribution >= 4 is 60.8 Å². The van der Waals surface area contributed by atoms with E-state index in [0.717, 1.165) is 66.9 Å². The summed E-state index contributed by atoms with van der Waals surface area (Å²) in [6.07, 6.45) is 0. The first kappa shape index (κ1) is 32.8. The lowest BCUT2D eigenvalue weighted by Crippen LogP contribution is -2.12. The van der Waals surface area contributed by atoms with Gasteiger partial charge in [0.2, 0.25) is 0 Å². The number of benzene rings is 9. The predicted octanol–water partition coefficient (Wildman–Crippen LogP) is 15.2. The molecule has 0 radical (unpaired) electrons. The summed E-state index contributed by atoms with van der Waals surface area (Å²) >= 11 is 0. The summed E-state index contributed by atoms with van der Waals surface area (Å²) in [7, 11) is 0. The van der Waals surface area contributed by atoms with Crippen molar-refractivity contribution in [3.8, 4) is 39.1 Å². The molecule has 0 atom stereocenters. The molecule has 3 heteroatoms. The number of anilines is 3. The van der Waals surface area contributed by atoms with Gasteiger partial charge in [-0.25, -0.2) is 0 Å². The summed E-state index contributed by atoms with van der Waals surface area (Å²) < 4.78 is 9.24. The van der Waals surface area contributed by atoms with Gasteiger partial charge in [-0.3, -0.25) is 0 Å². The van der Waals surface area contributed by atoms with Crippen LogP contribution in [0.4, 0.5) is 17.1 Å². The first-order valence-corrected chi connectivity index (χ1v) is 19.4. The second-order valence-corrected chi connectivity index (χ2v) is 14.5. The van der Waals surface area contributed by atoms with E-state index < -0.39 is 0 Å². The highest BCUT2D eigenvalue weighted by atomic mass is 16.3. The molecule has 3 nitrogen and oxygen atoms in total. The number of hydrogen-bond acceptors (Lipinski definition) is 2. The van der Waals surface area contributed by atoms with Gasteiger partial charge in [-0.2, -0.15) is 0 Å². The second kappa shape index (κ2) is 13.6. The molecule has 9 aromatic carbocycles. The van der Waals surface area contributed by atoms with Crippen molar-refractivity contribution in [2.24, 2.45) is 0 Å². The van der Waals surface area contributed by atoms with Crippen LogP contribution >= 0.6 is 0 Å². The summed E-state index contributed by atoms with van der Waals surface area (Å²) in [5.41, 5.74) is 15.2. The molecule has 0 N–H and O–H groups in total. The molecule has 0 fully saturated rings. The minimum absolute atomic E-state index is 0.860. The number of para-hydroxylation sites is 4. The minimum atomic E-state index is 0.860. The van der Waals surface area contributed by atoms with Gasteiger partial charge in [0, 0.05) is 38.7 Å². The van der Waals surface area contributed by atoms with Gasteiger partial charge in [-0.05, 0) is 89.0 Å². The lowest BCUT2D eigenvalue weighted by atomic mass is 9.95. The highest BCUT2D eigenvalue weighted by Gasteiger charge is 2.24. The van der Waals surface area contributed by atoms with E-state index in [1.165, 1.54) is 32.9 Å². The summed E-state index contributed by atoms with van der Waals surface area (Å²) in [6.45, 7) is 0. The van der Waals surface area contributed by atoms with Crippen molar-refractivity contribution < 1.29 is 4.42 Å². The Labute approximate surface area is 330 Å². The van der Waals surface area contributed by atoms with Crippen LogP contribution in [-0.4, -0.2) is 4.57 Å². The van der Waals surface area contributed by atoms with Crippen LogP contribution in [0.3, 0.4) is 0 Å². The van der Waals surface area contributed by atoms with Gasteiger partial charge in [0.15, 0.2) is 0 Å². The van der Waals surface area contributed by atoms with Gasteiger partial charge in [0.25, 0.3) is 0 Å². The molecule has 0 saturated carbocycles. The van der Waals surface area contributed by atoms with Crippen molar-refractivity contribution in [3.63, 3.8) is 0 Å². The number of rotatable bonds is 7. The standard InChI is InChI=1S/C54H36N2O/c1-4-16-37(17-5-1)40-30-34-50(47(36-40)38-18-6-2-7-19-38)56(41-20-8-3-9-21-41)51-35-33-43(54-53(51)46-24-12-15-27-52(46)57-54)39-28-31-42(32-29-39)55-48-25-13-10-22-44(48)45-23-11-14-26-49(45)55/h1-36H. The molecular formula is C54H36N2O. The zero-order chi connectivity index (χ0) is 37.7. The van der Waals surface area contributed by atoms with Gasteiger partial charge < -0.3 is 13.9 Å². The number of hydrogen-bond donors (Lipinski definition) is 0. The van der Waals surface area contributed by atoms with Gasteiger partial charge in [0.1, 0.15) is 11.2 Å². The third-order valence-corrected chi connectivity index (χ3v) is 11.2. The third-order valence-electron chi connectivity index (χ3n) is 11.2. The van der Waals surface area contributed by atoms with E-state index in [1.54, 1.807) is 0 Å². The molecule has 57 heavy (non-hydrogen) atoms. The van der Waals surface area contributed by atoms with Crippen LogP contribution in [-0.2, 0) is 0 Å². The first-order chi connectivity index (χ1) is 28.3. The summed E-state index contributed by atoms with van der Waals surface area (Å²) in [4.78, 5) is 2.40. The lowest BCUT2D eigenvalue weighted by molar-refractivity contribution is 0.670. The summed E-state index contributed by atoms with van der Waals surface area (Å²) in [6, 6.07) is 78.0. The molecule has 0 bridgehead atoms. The quantitative estimate of drug-likeness (QED) is 0.163. The van der Waals surface area contributed by atoms with Gasteiger partial charge >= 0.3 is 0 Å². The van der Waals surface area contributed by atoms with Crippen LogP contribution in [0.1, 0.15) is 0 Å². The molecule has 0 aliphatic carbocycles. The van der Waals surface area contributed by atoms with Crippen LogP contribution in [0.25, 0.3) is 82.8 Å². The fourth-order valence-corrected chi connectivity index (χ4v) is 8.59. The van der Waals surface area contributed by atoms with Crippen LogP contribution in [0.5, 0.6) is 0 Å². The van der Waals surface area contributed by atoms with Gasteiger partial charge in [-0.1, -0.05) is 152 Å². The fraction of sp³-hybridized carbons (Fsp3) is 0. The predicted molar refractivity (Wildman–Crippen MR) is 239 cm³/mol. The Hall–Kier alpha value is -7.62. The lowest BCUT2D eigenvalue weighted by Gasteiger charge is -2.29. The van der Waals surface area contributed by atoms with Crippen LogP contribution < -0.4 is 4.90 Å². The molecule has 11 aromatic rings. The van der Waals surface area contributed by atoms with Crippen molar-refractivity contribution in [1.82, 2.24) is 4.57 Å². The van der Waals surface area contributed by atoms with E-state index in [2.05, 4.69) is 228 Å². The number of aromatic nitrogens is 1. The third kappa shape index (κ3) is 5.51.